The van der Waals surface area contributed by atoms with Gasteiger partial charge in [-0.05, 0) is 31.3 Å². The molecule has 2 heterocycles. The van der Waals surface area contributed by atoms with Crippen LogP contribution in [0.5, 0.6) is 5.75 Å². The minimum absolute atomic E-state index is 0.165. The Morgan fingerprint density at radius 2 is 2.04 bits per heavy atom. The van der Waals surface area contributed by atoms with Crippen molar-refractivity contribution in [2.75, 3.05) is 26.0 Å². The fraction of sp³-hybridized carbons (Fsp3) is 0.222. The molecule has 1 amide bonds. The number of nitrogens with zero attached hydrogens (tertiary/aromatic N) is 4. The summed E-state index contributed by atoms with van der Waals surface area (Å²) in [6.45, 7) is 0.512. The van der Waals surface area contributed by atoms with Crippen molar-refractivity contribution >= 4 is 11.6 Å². The molecule has 134 valence electrons. The van der Waals surface area contributed by atoms with Gasteiger partial charge in [-0.2, -0.15) is 4.98 Å². The number of hydrogen-bond acceptors (Lipinski definition) is 7. The fourth-order valence-corrected chi connectivity index (χ4v) is 2.39. The van der Waals surface area contributed by atoms with E-state index in [-0.39, 0.29) is 12.5 Å². The van der Waals surface area contributed by atoms with Gasteiger partial charge in [0.1, 0.15) is 11.4 Å². The lowest BCUT2D eigenvalue weighted by atomic mass is 10.3. The predicted octanol–water partition coefficient (Wildman–Crippen LogP) is 2.21. The number of aromatic nitrogens is 3. The van der Waals surface area contributed by atoms with Gasteiger partial charge >= 0.3 is 0 Å². The number of anilines is 1. The van der Waals surface area contributed by atoms with Crippen LogP contribution in [0.4, 0.5) is 5.69 Å². The maximum absolute atomic E-state index is 12.2. The first-order valence-electron chi connectivity index (χ1n) is 8.01. The SMILES string of the molecule is COc1ccccc1NC(=O)CN(C)Cc1nc(-c2ccccn2)no1. The van der Waals surface area contributed by atoms with Crippen LogP contribution < -0.4 is 10.1 Å². The van der Waals surface area contributed by atoms with Crippen LogP contribution in [0.1, 0.15) is 5.89 Å². The van der Waals surface area contributed by atoms with Crippen molar-refractivity contribution in [3.8, 4) is 17.3 Å². The Bertz CT molecular complexity index is 866. The zero-order valence-corrected chi connectivity index (χ0v) is 14.5. The van der Waals surface area contributed by atoms with Gasteiger partial charge in [-0.3, -0.25) is 14.7 Å². The molecule has 0 atom stereocenters. The van der Waals surface area contributed by atoms with Gasteiger partial charge in [0.25, 0.3) is 0 Å². The van der Waals surface area contributed by atoms with E-state index < -0.39 is 0 Å². The Labute approximate surface area is 150 Å². The van der Waals surface area contributed by atoms with Gasteiger partial charge < -0.3 is 14.6 Å². The maximum atomic E-state index is 12.2. The standard InChI is InChI=1S/C18H19N5O3/c1-23(11-16(24)20-13-7-3-4-9-15(13)25-2)12-17-21-18(22-26-17)14-8-5-6-10-19-14/h3-10H,11-12H2,1-2H3,(H,20,24). The number of ether oxygens (including phenoxy) is 1. The van der Waals surface area contributed by atoms with Crippen molar-refractivity contribution in [2.45, 2.75) is 6.54 Å². The van der Waals surface area contributed by atoms with Gasteiger partial charge in [0.05, 0.1) is 25.9 Å². The van der Waals surface area contributed by atoms with Crippen molar-refractivity contribution in [1.29, 1.82) is 0 Å². The minimum Gasteiger partial charge on any atom is -0.495 e. The molecule has 0 fully saturated rings. The number of benzene rings is 1. The summed E-state index contributed by atoms with van der Waals surface area (Å²) in [6.07, 6.45) is 1.67. The van der Waals surface area contributed by atoms with Gasteiger partial charge in [-0.15, -0.1) is 0 Å². The summed E-state index contributed by atoms with van der Waals surface area (Å²) in [6, 6.07) is 12.7. The van der Waals surface area contributed by atoms with Crippen molar-refractivity contribution in [3.05, 3.63) is 54.6 Å². The van der Waals surface area contributed by atoms with E-state index in [1.54, 1.807) is 43.5 Å². The van der Waals surface area contributed by atoms with Crippen LogP contribution in [-0.4, -0.2) is 46.6 Å². The highest BCUT2D eigenvalue weighted by atomic mass is 16.5. The van der Waals surface area contributed by atoms with Crippen LogP contribution in [0.25, 0.3) is 11.5 Å². The van der Waals surface area contributed by atoms with Gasteiger partial charge in [0.15, 0.2) is 0 Å². The maximum Gasteiger partial charge on any atom is 0.241 e. The van der Waals surface area contributed by atoms with Crippen molar-refractivity contribution in [3.63, 3.8) is 0 Å². The van der Waals surface area contributed by atoms with Crippen molar-refractivity contribution in [1.82, 2.24) is 20.0 Å². The number of hydrogen-bond donors (Lipinski definition) is 1. The van der Waals surface area contributed by atoms with E-state index in [0.717, 1.165) is 0 Å². The van der Waals surface area contributed by atoms with Crippen LogP contribution in [0.3, 0.4) is 0 Å². The van der Waals surface area contributed by atoms with Gasteiger partial charge in [0, 0.05) is 6.20 Å². The second-order valence-corrected chi connectivity index (χ2v) is 5.65. The number of pyridine rings is 1. The lowest BCUT2D eigenvalue weighted by Gasteiger charge is -2.15. The molecule has 3 rings (SSSR count). The molecule has 0 aliphatic heterocycles. The highest BCUT2D eigenvalue weighted by Gasteiger charge is 2.14. The first-order chi connectivity index (χ1) is 12.7. The van der Waals surface area contributed by atoms with Gasteiger partial charge in [-0.25, -0.2) is 0 Å². The molecule has 0 bridgehead atoms. The zero-order valence-electron chi connectivity index (χ0n) is 14.5. The van der Waals surface area contributed by atoms with Crippen molar-refractivity contribution < 1.29 is 14.1 Å². The predicted molar refractivity (Wildman–Crippen MR) is 95.5 cm³/mol. The fourth-order valence-electron chi connectivity index (χ4n) is 2.39. The Morgan fingerprint density at radius 1 is 1.23 bits per heavy atom. The smallest absolute Gasteiger partial charge is 0.241 e. The second-order valence-electron chi connectivity index (χ2n) is 5.65. The third kappa shape index (κ3) is 4.42. The monoisotopic (exact) mass is 353 g/mol. The quantitative estimate of drug-likeness (QED) is 0.696. The van der Waals surface area contributed by atoms with E-state index in [2.05, 4.69) is 20.4 Å². The molecule has 0 radical (unpaired) electrons. The molecule has 2 aromatic heterocycles. The number of likely N-dealkylation sites (N-methyl/N-ethyl adjacent to an activating group) is 1. The number of carbonyl (C=O) groups is 1. The normalized spacial score (nSPS) is 10.7. The number of carbonyl (C=O) groups excluding carboxylic acids is 1. The molecule has 3 aromatic rings. The third-order valence-corrected chi connectivity index (χ3v) is 3.56. The molecule has 0 saturated heterocycles. The summed E-state index contributed by atoms with van der Waals surface area (Å²) >= 11 is 0. The van der Waals surface area contributed by atoms with Crippen LogP contribution in [-0.2, 0) is 11.3 Å². The Hall–Kier alpha value is -3.26. The second kappa shape index (κ2) is 8.21. The summed E-state index contributed by atoms with van der Waals surface area (Å²) in [4.78, 5) is 22.5. The van der Waals surface area contributed by atoms with E-state index >= 15 is 0 Å². The Kier molecular flexibility index (Phi) is 5.55. The lowest BCUT2D eigenvalue weighted by Crippen LogP contribution is -2.30. The van der Waals surface area contributed by atoms with Crippen molar-refractivity contribution in [2.24, 2.45) is 0 Å². The third-order valence-electron chi connectivity index (χ3n) is 3.56. The van der Waals surface area contributed by atoms with Gasteiger partial charge in [-0.1, -0.05) is 23.4 Å². The highest BCUT2D eigenvalue weighted by molar-refractivity contribution is 5.93. The minimum atomic E-state index is -0.165. The molecular formula is C18H19N5O3. The summed E-state index contributed by atoms with van der Waals surface area (Å²) < 4.78 is 10.5. The average Bonchev–Trinajstić information content (AvgIpc) is 3.11. The van der Waals surface area contributed by atoms with Crippen LogP contribution in [0.2, 0.25) is 0 Å². The summed E-state index contributed by atoms with van der Waals surface area (Å²) in [5.41, 5.74) is 1.27. The number of para-hydroxylation sites is 2. The largest absolute Gasteiger partial charge is 0.495 e. The van der Waals surface area contributed by atoms with E-state index in [9.17, 15) is 4.79 Å². The van der Waals surface area contributed by atoms with Crippen LogP contribution in [0.15, 0.2) is 53.2 Å². The molecule has 0 aliphatic rings. The van der Waals surface area contributed by atoms with E-state index in [4.69, 9.17) is 9.26 Å². The zero-order chi connectivity index (χ0) is 18.4. The Morgan fingerprint density at radius 3 is 2.81 bits per heavy atom. The molecule has 0 spiro atoms. The first kappa shape index (κ1) is 17.6. The topological polar surface area (TPSA) is 93.4 Å². The average molecular weight is 353 g/mol. The van der Waals surface area contributed by atoms with E-state index in [1.807, 2.05) is 24.3 Å². The summed E-state index contributed by atoms with van der Waals surface area (Å²) in [7, 11) is 3.36. The molecule has 1 aromatic carbocycles. The molecule has 26 heavy (non-hydrogen) atoms. The van der Waals surface area contributed by atoms with Crippen LogP contribution >= 0.6 is 0 Å². The molecule has 0 aliphatic carbocycles. The summed E-state index contributed by atoms with van der Waals surface area (Å²) in [5.74, 6) is 1.28. The molecule has 1 N–H and O–H groups in total. The van der Waals surface area contributed by atoms with Crippen LogP contribution in [0, 0.1) is 0 Å². The van der Waals surface area contributed by atoms with E-state index in [1.165, 1.54) is 0 Å². The number of amides is 1. The highest BCUT2D eigenvalue weighted by Crippen LogP contribution is 2.22. The number of methoxy groups -OCH3 is 1. The molecular weight excluding hydrogens is 334 g/mol. The molecule has 0 unspecified atom stereocenters. The number of nitrogens with one attached hydrogen (secondary N) is 1. The first-order valence-corrected chi connectivity index (χ1v) is 8.01. The Balaban J connectivity index is 1.56. The van der Waals surface area contributed by atoms with Gasteiger partial charge in [0.2, 0.25) is 17.6 Å². The lowest BCUT2D eigenvalue weighted by molar-refractivity contribution is -0.117. The number of rotatable bonds is 7. The molecule has 0 saturated carbocycles. The summed E-state index contributed by atoms with van der Waals surface area (Å²) in [5, 5.41) is 6.74. The van der Waals surface area contributed by atoms with E-state index in [0.29, 0.717) is 35.4 Å². The molecule has 8 heteroatoms. The molecule has 8 nitrogen and oxygen atoms in total.